The van der Waals surface area contributed by atoms with E-state index in [0.29, 0.717) is 24.5 Å². The van der Waals surface area contributed by atoms with Crippen LogP contribution < -0.4 is 9.80 Å². The highest BCUT2D eigenvalue weighted by molar-refractivity contribution is 5.57. The number of hydrogen-bond donors (Lipinski definition) is 0. The summed E-state index contributed by atoms with van der Waals surface area (Å²) in [5.41, 5.74) is 1.19. The Morgan fingerprint density at radius 3 is 1.43 bits per heavy atom. The molecule has 0 radical (unpaired) electrons. The number of benzene rings is 2. The number of anilines is 2. The van der Waals surface area contributed by atoms with Crippen molar-refractivity contribution in [2.45, 2.75) is 12.3 Å². The third kappa shape index (κ3) is 2.68. The molecule has 21 heavy (non-hydrogen) atoms. The highest BCUT2D eigenvalue weighted by Gasteiger charge is 2.51. The van der Waals surface area contributed by atoms with Crippen molar-refractivity contribution in [2.24, 2.45) is 0 Å². The van der Waals surface area contributed by atoms with E-state index in [1.54, 1.807) is 60.7 Å². The van der Waals surface area contributed by atoms with Gasteiger partial charge in [0.15, 0.2) is 0 Å². The van der Waals surface area contributed by atoms with Gasteiger partial charge in [0, 0.05) is 24.5 Å². The van der Waals surface area contributed by atoms with Crippen molar-refractivity contribution in [2.75, 3.05) is 22.9 Å². The van der Waals surface area contributed by atoms with Gasteiger partial charge in [0.2, 0.25) is 6.17 Å². The Bertz CT molecular complexity index is 536. The lowest BCUT2D eigenvalue weighted by Gasteiger charge is -2.34. The minimum Gasteiger partial charge on any atom is -0.342 e. The summed E-state index contributed by atoms with van der Waals surface area (Å²) in [5.74, 6) is 0. The molecule has 0 aliphatic carbocycles. The number of nitrogens with zero attached hydrogens (tertiary/aromatic N) is 2. The molecule has 1 heterocycles. The average Bonchev–Trinajstić information content (AvgIpc) is 2.94. The van der Waals surface area contributed by atoms with Crippen LogP contribution in [-0.4, -0.2) is 25.4 Å². The molecule has 1 saturated heterocycles. The summed E-state index contributed by atoms with van der Waals surface area (Å²) in [4.78, 5) is 2.82. The molecule has 0 unspecified atom stereocenters. The Labute approximate surface area is 121 Å². The van der Waals surface area contributed by atoms with Crippen LogP contribution >= 0.6 is 0 Å². The molecule has 2 aromatic carbocycles. The van der Waals surface area contributed by atoms with Gasteiger partial charge in [-0.2, -0.15) is 13.2 Å². The van der Waals surface area contributed by atoms with Gasteiger partial charge in [-0.3, -0.25) is 0 Å². The van der Waals surface area contributed by atoms with E-state index in [0.717, 1.165) is 0 Å². The molecule has 0 saturated carbocycles. The number of para-hydroxylation sites is 2. The van der Waals surface area contributed by atoms with Gasteiger partial charge in [0.25, 0.3) is 0 Å². The Balaban J connectivity index is 1.97. The zero-order chi connectivity index (χ0) is 14.9. The van der Waals surface area contributed by atoms with E-state index in [2.05, 4.69) is 0 Å². The lowest BCUT2D eigenvalue weighted by Crippen LogP contribution is -2.50. The van der Waals surface area contributed by atoms with Crippen molar-refractivity contribution in [1.82, 2.24) is 0 Å². The van der Waals surface area contributed by atoms with Crippen LogP contribution in [0.15, 0.2) is 60.7 Å². The standard InChI is InChI=1S/C16H15F3N2/c17-16(18,19)15-20(13-7-3-1-4-8-13)11-12-21(15)14-9-5-2-6-10-14/h1-10,15H,11-12H2. The highest BCUT2D eigenvalue weighted by atomic mass is 19.4. The van der Waals surface area contributed by atoms with E-state index in [-0.39, 0.29) is 0 Å². The van der Waals surface area contributed by atoms with Crippen molar-refractivity contribution < 1.29 is 13.2 Å². The number of rotatable bonds is 2. The van der Waals surface area contributed by atoms with Gasteiger partial charge < -0.3 is 9.80 Å². The van der Waals surface area contributed by atoms with Gasteiger partial charge in [-0.15, -0.1) is 0 Å². The van der Waals surface area contributed by atoms with E-state index in [1.165, 1.54) is 9.80 Å². The van der Waals surface area contributed by atoms with Crippen LogP contribution in [0.3, 0.4) is 0 Å². The fourth-order valence-corrected chi connectivity index (χ4v) is 2.76. The largest absolute Gasteiger partial charge is 0.427 e. The van der Waals surface area contributed by atoms with Crippen molar-refractivity contribution in [1.29, 1.82) is 0 Å². The SMILES string of the molecule is FC(F)(F)C1N(c2ccccc2)CCN1c1ccccc1. The molecule has 5 heteroatoms. The monoisotopic (exact) mass is 292 g/mol. The molecular formula is C16H15F3N2. The van der Waals surface area contributed by atoms with E-state index < -0.39 is 12.3 Å². The smallest absolute Gasteiger partial charge is 0.342 e. The summed E-state index contributed by atoms with van der Waals surface area (Å²) in [5, 5.41) is 0. The molecule has 2 nitrogen and oxygen atoms in total. The summed E-state index contributed by atoms with van der Waals surface area (Å²) >= 11 is 0. The summed E-state index contributed by atoms with van der Waals surface area (Å²) in [6.07, 6.45) is -5.94. The number of halogens is 3. The van der Waals surface area contributed by atoms with Crippen LogP contribution in [0.5, 0.6) is 0 Å². The second-order valence-electron chi connectivity index (χ2n) is 4.97. The first-order valence-corrected chi connectivity index (χ1v) is 6.77. The summed E-state index contributed by atoms with van der Waals surface area (Å²) in [6, 6.07) is 17.5. The molecule has 0 atom stereocenters. The second kappa shape index (κ2) is 5.31. The highest BCUT2D eigenvalue weighted by Crippen LogP contribution is 2.37. The van der Waals surface area contributed by atoms with Crippen LogP contribution in [0.25, 0.3) is 0 Å². The van der Waals surface area contributed by atoms with E-state index in [9.17, 15) is 13.2 Å². The quantitative estimate of drug-likeness (QED) is 0.828. The Hall–Kier alpha value is -2.17. The maximum absolute atomic E-state index is 13.5. The molecule has 2 aromatic rings. The first-order valence-electron chi connectivity index (χ1n) is 6.77. The minimum atomic E-state index is -4.32. The predicted molar refractivity (Wildman–Crippen MR) is 77.4 cm³/mol. The first kappa shape index (κ1) is 13.8. The molecule has 1 fully saturated rings. The second-order valence-corrected chi connectivity index (χ2v) is 4.97. The first-order chi connectivity index (χ1) is 10.1. The van der Waals surface area contributed by atoms with Crippen LogP contribution in [-0.2, 0) is 0 Å². The van der Waals surface area contributed by atoms with Gasteiger partial charge in [0.1, 0.15) is 0 Å². The molecule has 0 amide bonds. The lowest BCUT2D eigenvalue weighted by molar-refractivity contribution is -0.145. The normalized spacial score (nSPS) is 16.5. The zero-order valence-corrected chi connectivity index (χ0v) is 11.3. The zero-order valence-electron chi connectivity index (χ0n) is 11.3. The van der Waals surface area contributed by atoms with E-state index >= 15 is 0 Å². The molecule has 0 N–H and O–H groups in total. The lowest BCUT2D eigenvalue weighted by atomic mass is 10.2. The van der Waals surface area contributed by atoms with Crippen LogP contribution in [0.2, 0.25) is 0 Å². The Morgan fingerprint density at radius 2 is 1.10 bits per heavy atom. The third-order valence-electron chi connectivity index (χ3n) is 3.64. The number of hydrogen-bond acceptors (Lipinski definition) is 2. The fraction of sp³-hybridized carbons (Fsp3) is 0.250. The predicted octanol–water partition coefficient (Wildman–Crippen LogP) is 3.90. The van der Waals surface area contributed by atoms with Crippen LogP contribution in [0, 0.1) is 0 Å². The minimum absolute atomic E-state index is 0.350. The van der Waals surface area contributed by atoms with Gasteiger partial charge in [-0.1, -0.05) is 36.4 Å². The molecule has 110 valence electrons. The van der Waals surface area contributed by atoms with Crippen LogP contribution in [0.4, 0.5) is 24.5 Å². The van der Waals surface area contributed by atoms with Crippen molar-refractivity contribution in [3.05, 3.63) is 60.7 Å². The maximum Gasteiger partial charge on any atom is 0.427 e. The molecule has 0 aromatic heterocycles. The molecule has 0 spiro atoms. The van der Waals surface area contributed by atoms with E-state index in [1.807, 2.05) is 0 Å². The maximum atomic E-state index is 13.5. The van der Waals surface area contributed by atoms with Crippen LogP contribution in [0.1, 0.15) is 0 Å². The average molecular weight is 292 g/mol. The molecule has 1 aliphatic heterocycles. The topological polar surface area (TPSA) is 6.48 Å². The Morgan fingerprint density at radius 1 is 0.714 bits per heavy atom. The van der Waals surface area contributed by atoms with E-state index in [4.69, 9.17) is 0 Å². The van der Waals surface area contributed by atoms with Gasteiger partial charge >= 0.3 is 6.18 Å². The molecule has 3 rings (SSSR count). The number of alkyl halides is 3. The van der Waals surface area contributed by atoms with Crippen molar-refractivity contribution >= 4 is 11.4 Å². The molecule has 0 bridgehead atoms. The fourth-order valence-electron chi connectivity index (χ4n) is 2.76. The molecule has 1 aliphatic rings. The van der Waals surface area contributed by atoms with Crippen molar-refractivity contribution in [3.63, 3.8) is 0 Å². The molecular weight excluding hydrogens is 277 g/mol. The summed E-state index contributed by atoms with van der Waals surface area (Å²) < 4.78 is 40.6. The Kier molecular flexibility index (Phi) is 3.49. The summed E-state index contributed by atoms with van der Waals surface area (Å²) in [6.45, 7) is 0.701. The van der Waals surface area contributed by atoms with Gasteiger partial charge in [-0.05, 0) is 24.3 Å². The van der Waals surface area contributed by atoms with Crippen molar-refractivity contribution in [3.8, 4) is 0 Å². The van der Waals surface area contributed by atoms with Gasteiger partial charge in [0.05, 0.1) is 0 Å². The van der Waals surface area contributed by atoms with Gasteiger partial charge in [-0.25, -0.2) is 0 Å². The summed E-state index contributed by atoms with van der Waals surface area (Å²) in [7, 11) is 0. The third-order valence-corrected chi connectivity index (χ3v) is 3.64.